The van der Waals surface area contributed by atoms with Crippen molar-refractivity contribution in [2.75, 3.05) is 5.32 Å². The molecule has 3 rings (SSSR count). The summed E-state index contributed by atoms with van der Waals surface area (Å²) in [5, 5.41) is 21.2. The van der Waals surface area contributed by atoms with Crippen LogP contribution in [0.15, 0.2) is 24.3 Å². The van der Waals surface area contributed by atoms with Gasteiger partial charge in [0.05, 0.1) is 16.6 Å². The van der Waals surface area contributed by atoms with Gasteiger partial charge in [0.25, 0.3) is 0 Å². The Balaban J connectivity index is 1.71. The molecule has 24 heavy (non-hydrogen) atoms. The average Bonchev–Trinajstić information content (AvgIpc) is 3.18. The van der Waals surface area contributed by atoms with Gasteiger partial charge in [-0.2, -0.15) is 0 Å². The predicted molar refractivity (Wildman–Crippen MR) is 82.6 cm³/mol. The zero-order valence-electron chi connectivity index (χ0n) is 12.3. The standard InChI is InChI=1S/C15H15ClN2O6/c16-6-3-1-2-4-7(6)18-14(23)24-8-5-15(17,13(21)22)11-9(8)10(11)12(19)20/h1-4,8-11H,5,17H2,(H,18,23)(H,19,20)(H,21,22)/t8-,9-,10-,11-,15-/m0/s1. The third-order valence-electron chi connectivity index (χ3n) is 4.69. The van der Waals surface area contributed by atoms with Crippen molar-refractivity contribution in [2.45, 2.75) is 18.1 Å². The number of carbonyl (C=O) groups excluding carboxylic acids is 1. The van der Waals surface area contributed by atoms with Gasteiger partial charge >= 0.3 is 18.0 Å². The van der Waals surface area contributed by atoms with Gasteiger partial charge in [0.15, 0.2) is 0 Å². The molecule has 8 nitrogen and oxygen atoms in total. The van der Waals surface area contributed by atoms with Crippen molar-refractivity contribution in [2.24, 2.45) is 23.5 Å². The van der Waals surface area contributed by atoms with Gasteiger partial charge in [0.1, 0.15) is 11.6 Å². The summed E-state index contributed by atoms with van der Waals surface area (Å²) in [6, 6.07) is 6.52. The molecule has 1 aromatic carbocycles. The number of carboxylic acids is 2. The first-order valence-electron chi connectivity index (χ1n) is 7.23. The van der Waals surface area contributed by atoms with E-state index in [-0.39, 0.29) is 6.42 Å². The predicted octanol–water partition coefficient (Wildman–Crippen LogP) is 1.39. The van der Waals surface area contributed by atoms with Crippen molar-refractivity contribution < 1.29 is 29.3 Å². The van der Waals surface area contributed by atoms with E-state index in [1.165, 1.54) is 0 Å². The van der Waals surface area contributed by atoms with E-state index >= 15 is 0 Å². The highest BCUT2D eigenvalue weighted by molar-refractivity contribution is 6.33. The largest absolute Gasteiger partial charge is 0.481 e. The van der Waals surface area contributed by atoms with E-state index in [0.717, 1.165) is 0 Å². The maximum atomic E-state index is 12.0. The first kappa shape index (κ1) is 16.5. The molecule has 0 unspecified atom stereocenters. The fraction of sp³-hybridized carbons (Fsp3) is 0.400. The summed E-state index contributed by atoms with van der Waals surface area (Å²) >= 11 is 5.93. The van der Waals surface area contributed by atoms with Crippen LogP contribution in [0.25, 0.3) is 0 Å². The molecular weight excluding hydrogens is 340 g/mol. The number of hydrogen-bond acceptors (Lipinski definition) is 5. The zero-order valence-corrected chi connectivity index (χ0v) is 13.1. The zero-order chi connectivity index (χ0) is 17.6. The minimum atomic E-state index is -1.71. The van der Waals surface area contributed by atoms with Crippen molar-refractivity contribution in [3.63, 3.8) is 0 Å². The van der Waals surface area contributed by atoms with Gasteiger partial charge in [0, 0.05) is 18.3 Å². The van der Waals surface area contributed by atoms with Crippen molar-refractivity contribution >= 4 is 35.3 Å². The number of fused-ring (bicyclic) bond motifs is 1. The number of anilines is 1. The number of nitrogens with two attached hydrogens (primary N) is 1. The minimum Gasteiger partial charge on any atom is -0.481 e. The second-order valence-electron chi connectivity index (χ2n) is 6.07. The van der Waals surface area contributed by atoms with Crippen molar-refractivity contribution in [3.8, 4) is 0 Å². The number of aliphatic carboxylic acids is 2. The van der Waals surface area contributed by atoms with Crippen LogP contribution in [-0.2, 0) is 14.3 Å². The molecule has 128 valence electrons. The van der Waals surface area contributed by atoms with Gasteiger partial charge in [-0.05, 0) is 12.1 Å². The van der Waals surface area contributed by atoms with Crippen LogP contribution in [0.5, 0.6) is 0 Å². The number of benzene rings is 1. The van der Waals surface area contributed by atoms with Crippen LogP contribution in [0, 0.1) is 17.8 Å². The Morgan fingerprint density at radius 3 is 2.54 bits per heavy atom. The Morgan fingerprint density at radius 2 is 1.96 bits per heavy atom. The number of nitrogens with one attached hydrogen (secondary N) is 1. The quantitative estimate of drug-likeness (QED) is 0.640. The lowest BCUT2D eigenvalue weighted by Gasteiger charge is -2.24. The van der Waals surface area contributed by atoms with E-state index in [1.54, 1.807) is 24.3 Å². The van der Waals surface area contributed by atoms with E-state index in [1.807, 2.05) is 0 Å². The number of carboxylic acid groups (broad SMARTS) is 2. The number of rotatable bonds is 4. The summed E-state index contributed by atoms with van der Waals surface area (Å²) in [5.41, 5.74) is 4.49. The molecular formula is C15H15ClN2O6. The summed E-state index contributed by atoms with van der Waals surface area (Å²) < 4.78 is 5.23. The molecule has 0 heterocycles. The minimum absolute atomic E-state index is 0.128. The van der Waals surface area contributed by atoms with Crippen LogP contribution in [0.1, 0.15) is 6.42 Å². The van der Waals surface area contributed by atoms with Crippen LogP contribution in [0.4, 0.5) is 10.5 Å². The van der Waals surface area contributed by atoms with Crippen LogP contribution in [0.3, 0.4) is 0 Å². The Hall–Kier alpha value is -2.32. The number of carbonyl (C=O) groups is 3. The van der Waals surface area contributed by atoms with Crippen molar-refractivity contribution in [3.05, 3.63) is 29.3 Å². The second kappa shape index (κ2) is 5.64. The summed E-state index contributed by atoms with van der Waals surface area (Å²) in [6.45, 7) is 0. The summed E-state index contributed by atoms with van der Waals surface area (Å²) in [6.07, 6.45) is -1.84. The van der Waals surface area contributed by atoms with Crippen LogP contribution in [0.2, 0.25) is 5.02 Å². The first-order chi connectivity index (χ1) is 11.3. The van der Waals surface area contributed by atoms with Crippen molar-refractivity contribution in [1.82, 2.24) is 0 Å². The Morgan fingerprint density at radius 1 is 1.29 bits per heavy atom. The Kier molecular flexibility index (Phi) is 3.89. The van der Waals surface area contributed by atoms with Crippen LogP contribution < -0.4 is 11.1 Å². The molecule has 0 radical (unpaired) electrons. The topological polar surface area (TPSA) is 139 Å². The van der Waals surface area contributed by atoms with Gasteiger partial charge in [0.2, 0.25) is 0 Å². The molecule has 5 N–H and O–H groups in total. The van der Waals surface area contributed by atoms with Gasteiger partial charge < -0.3 is 20.7 Å². The molecule has 2 aliphatic rings. The Bertz CT molecular complexity index is 726. The molecule has 5 atom stereocenters. The van der Waals surface area contributed by atoms with Crippen LogP contribution in [-0.4, -0.2) is 39.9 Å². The number of hydrogen-bond donors (Lipinski definition) is 4. The lowest BCUT2D eigenvalue weighted by atomic mass is 9.91. The van der Waals surface area contributed by atoms with Crippen LogP contribution >= 0.6 is 11.6 Å². The molecule has 1 aromatic rings. The first-order valence-corrected chi connectivity index (χ1v) is 7.60. The number of amides is 1. The van der Waals surface area contributed by atoms with Gasteiger partial charge in [-0.1, -0.05) is 23.7 Å². The van der Waals surface area contributed by atoms with E-state index in [4.69, 9.17) is 22.1 Å². The molecule has 9 heteroatoms. The lowest BCUT2D eigenvalue weighted by molar-refractivity contribution is -0.146. The summed E-state index contributed by atoms with van der Waals surface area (Å²) in [7, 11) is 0. The molecule has 0 saturated heterocycles. The third kappa shape index (κ3) is 2.57. The van der Waals surface area contributed by atoms with E-state index in [2.05, 4.69) is 5.32 Å². The van der Waals surface area contributed by atoms with E-state index < -0.39 is 47.4 Å². The van der Waals surface area contributed by atoms with Gasteiger partial charge in [-0.25, -0.2) is 4.79 Å². The molecule has 0 aromatic heterocycles. The molecule has 0 spiro atoms. The fourth-order valence-electron chi connectivity index (χ4n) is 3.57. The average molecular weight is 355 g/mol. The van der Waals surface area contributed by atoms with E-state index in [0.29, 0.717) is 10.7 Å². The molecule has 2 fully saturated rings. The summed E-state index contributed by atoms with van der Waals surface area (Å²) in [5.74, 6) is -4.69. The highest BCUT2D eigenvalue weighted by atomic mass is 35.5. The smallest absolute Gasteiger partial charge is 0.411 e. The maximum Gasteiger partial charge on any atom is 0.411 e. The van der Waals surface area contributed by atoms with E-state index in [9.17, 15) is 24.6 Å². The molecule has 0 bridgehead atoms. The highest BCUT2D eigenvalue weighted by Gasteiger charge is 2.75. The number of halogens is 1. The van der Waals surface area contributed by atoms with Crippen molar-refractivity contribution in [1.29, 1.82) is 0 Å². The molecule has 0 aliphatic heterocycles. The lowest BCUT2D eigenvalue weighted by Crippen LogP contribution is -2.51. The van der Waals surface area contributed by atoms with Gasteiger partial charge in [-0.15, -0.1) is 0 Å². The second-order valence-corrected chi connectivity index (χ2v) is 6.47. The normalized spacial score (nSPS) is 33.4. The summed E-state index contributed by atoms with van der Waals surface area (Å²) in [4.78, 5) is 34.6. The maximum absolute atomic E-state index is 12.0. The van der Waals surface area contributed by atoms with Gasteiger partial charge in [-0.3, -0.25) is 14.9 Å². The molecule has 2 aliphatic carbocycles. The number of ether oxygens (including phenoxy) is 1. The fourth-order valence-corrected chi connectivity index (χ4v) is 3.76. The Labute approximate surface area is 141 Å². The highest BCUT2D eigenvalue weighted by Crippen LogP contribution is 2.62. The monoisotopic (exact) mass is 354 g/mol. The molecule has 2 saturated carbocycles. The SMILES string of the molecule is N[C@@]1(C(=O)O)C[C@H](OC(=O)Nc2ccccc2Cl)[C@H]2[C@H](C(=O)O)[C@H]21. The molecule has 1 amide bonds. The third-order valence-corrected chi connectivity index (χ3v) is 5.02. The number of para-hydroxylation sites is 1.